The van der Waals surface area contributed by atoms with Crippen LogP contribution in [0.5, 0.6) is 6.01 Å². The van der Waals surface area contributed by atoms with E-state index in [2.05, 4.69) is 30.7 Å². The number of halogens is 1. The molecule has 0 saturated heterocycles. The molecule has 0 spiro atoms. The molecule has 92 valence electrons. The molecule has 0 saturated carbocycles. The van der Waals surface area contributed by atoms with Gasteiger partial charge in [0.2, 0.25) is 0 Å². The Bertz CT molecular complexity index is 536. The average Bonchev–Trinajstić information content (AvgIpc) is 2.56. The minimum absolute atomic E-state index is 0.00955. The second kappa shape index (κ2) is 4.53. The Balaban J connectivity index is 2.66. The first-order valence-corrected chi connectivity index (χ1v) is 6.14. The third kappa shape index (κ3) is 2.09. The summed E-state index contributed by atoms with van der Waals surface area (Å²) in [6.07, 6.45) is 2.46. The molecule has 0 amide bonds. The predicted octanol–water partition coefficient (Wildman–Crippen LogP) is 3.40. The van der Waals surface area contributed by atoms with Crippen molar-refractivity contribution >= 4 is 22.8 Å². The number of aromatic nitrogens is 3. The van der Waals surface area contributed by atoms with Crippen LogP contribution in [0.1, 0.15) is 33.2 Å². The van der Waals surface area contributed by atoms with Gasteiger partial charge in [-0.3, -0.25) is 4.57 Å². The van der Waals surface area contributed by atoms with Gasteiger partial charge in [-0.05, 0) is 18.4 Å². The standard InChI is InChI=1S/C12H16ClN3O/c1-4-9(7(2)3)16-10-5-8(13)6-14-11(10)15-12(16)17/h5-7,9H,4H2,1-3H3,(H,14,15,17)/t9-/m0/s1. The van der Waals surface area contributed by atoms with E-state index >= 15 is 0 Å². The fourth-order valence-corrected chi connectivity index (χ4v) is 2.37. The van der Waals surface area contributed by atoms with Crippen LogP contribution in [0.4, 0.5) is 0 Å². The lowest BCUT2D eigenvalue weighted by molar-refractivity contribution is 0.316. The lowest BCUT2D eigenvalue weighted by Crippen LogP contribution is -2.13. The molecule has 2 rings (SSSR count). The molecule has 2 aromatic heterocycles. The van der Waals surface area contributed by atoms with Gasteiger partial charge < -0.3 is 5.11 Å². The van der Waals surface area contributed by atoms with Crippen LogP contribution in [0, 0.1) is 5.92 Å². The maximum absolute atomic E-state index is 9.94. The van der Waals surface area contributed by atoms with Crippen LogP contribution < -0.4 is 0 Å². The molecule has 0 bridgehead atoms. The van der Waals surface area contributed by atoms with Crippen molar-refractivity contribution in [1.82, 2.24) is 14.5 Å². The van der Waals surface area contributed by atoms with E-state index < -0.39 is 0 Å². The van der Waals surface area contributed by atoms with E-state index in [-0.39, 0.29) is 12.1 Å². The molecule has 0 fully saturated rings. The van der Waals surface area contributed by atoms with Gasteiger partial charge in [0.25, 0.3) is 6.01 Å². The summed E-state index contributed by atoms with van der Waals surface area (Å²) in [7, 11) is 0. The van der Waals surface area contributed by atoms with Crippen LogP contribution in [0.25, 0.3) is 11.2 Å². The molecule has 2 aromatic rings. The van der Waals surface area contributed by atoms with Crippen LogP contribution in [-0.4, -0.2) is 19.6 Å². The Hall–Kier alpha value is -1.29. The third-order valence-electron chi connectivity index (χ3n) is 3.01. The summed E-state index contributed by atoms with van der Waals surface area (Å²) in [5, 5.41) is 10.5. The molecule has 5 heteroatoms. The van der Waals surface area contributed by atoms with E-state index in [0.29, 0.717) is 16.6 Å². The monoisotopic (exact) mass is 253 g/mol. The molecule has 17 heavy (non-hydrogen) atoms. The zero-order valence-electron chi connectivity index (χ0n) is 10.2. The van der Waals surface area contributed by atoms with E-state index in [9.17, 15) is 5.11 Å². The molecule has 4 nitrogen and oxygen atoms in total. The van der Waals surface area contributed by atoms with Crippen LogP contribution in [0.15, 0.2) is 12.3 Å². The van der Waals surface area contributed by atoms with Crippen molar-refractivity contribution in [2.75, 3.05) is 0 Å². The second-order valence-electron chi connectivity index (χ2n) is 4.50. The van der Waals surface area contributed by atoms with Gasteiger partial charge in [-0.2, -0.15) is 4.98 Å². The van der Waals surface area contributed by atoms with Crippen molar-refractivity contribution in [3.8, 4) is 6.01 Å². The van der Waals surface area contributed by atoms with E-state index in [1.165, 1.54) is 6.20 Å². The highest BCUT2D eigenvalue weighted by Gasteiger charge is 2.21. The maximum atomic E-state index is 9.94. The minimum Gasteiger partial charge on any atom is -0.480 e. The number of hydrogen-bond donors (Lipinski definition) is 1. The molecule has 0 unspecified atom stereocenters. The topological polar surface area (TPSA) is 50.9 Å². The van der Waals surface area contributed by atoms with E-state index in [0.717, 1.165) is 11.9 Å². The number of aromatic hydroxyl groups is 1. The quantitative estimate of drug-likeness (QED) is 0.912. The highest BCUT2D eigenvalue weighted by Crippen LogP contribution is 2.31. The molecule has 0 aromatic carbocycles. The number of imidazole rings is 1. The fourth-order valence-electron chi connectivity index (χ4n) is 2.22. The largest absolute Gasteiger partial charge is 0.480 e. The molecule has 0 aliphatic rings. The van der Waals surface area contributed by atoms with E-state index in [4.69, 9.17) is 11.6 Å². The van der Waals surface area contributed by atoms with Gasteiger partial charge in [0, 0.05) is 12.2 Å². The second-order valence-corrected chi connectivity index (χ2v) is 4.93. The smallest absolute Gasteiger partial charge is 0.296 e. The summed E-state index contributed by atoms with van der Waals surface area (Å²) in [6, 6.07) is 2.00. The van der Waals surface area contributed by atoms with Gasteiger partial charge in [-0.25, -0.2) is 4.98 Å². The number of fused-ring (bicyclic) bond motifs is 1. The van der Waals surface area contributed by atoms with Gasteiger partial charge >= 0.3 is 0 Å². The van der Waals surface area contributed by atoms with Gasteiger partial charge in [-0.15, -0.1) is 0 Å². The Kier molecular flexibility index (Phi) is 3.24. The minimum atomic E-state index is 0.00955. The molecular formula is C12H16ClN3O. The zero-order chi connectivity index (χ0) is 12.6. The van der Waals surface area contributed by atoms with Crippen LogP contribution >= 0.6 is 11.6 Å². The molecule has 1 atom stereocenters. The van der Waals surface area contributed by atoms with Gasteiger partial charge in [0.15, 0.2) is 5.65 Å². The van der Waals surface area contributed by atoms with Gasteiger partial charge in [-0.1, -0.05) is 32.4 Å². The van der Waals surface area contributed by atoms with E-state index in [1.807, 2.05) is 4.57 Å². The first kappa shape index (κ1) is 12.2. The molecule has 0 aliphatic heterocycles. The Labute approximate surface area is 105 Å². The fraction of sp³-hybridized carbons (Fsp3) is 0.500. The zero-order valence-corrected chi connectivity index (χ0v) is 10.9. The summed E-state index contributed by atoms with van der Waals surface area (Å²) in [5.74, 6) is 0.405. The lowest BCUT2D eigenvalue weighted by atomic mass is 10.0. The molecule has 0 aliphatic carbocycles. The SMILES string of the molecule is CC[C@@H](C(C)C)n1c(O)nc2ncc(Cl)cc21. The van der Waals surface area contributed by atoms with Crippen LogP contribution in [0.2, 0.25) is 5.02 Å². The number of nitrogens with zero attached hydrogens (tertiary/aromatic N) is 3. The van der Waals surface area contributed by atoms with Crippen molar-refractivity contribution in [2.45, 2.75) is 33.2 Å². The van der Waals surface area contributed by atoms with Crippen molar-refractivity contribution in [1.29, 1.82) is 0 Å². The van der Waals surface area contributed by atoms with Gasteiger partial charge in [0.1, 0.15) is 0 Å². The summed E-state index contributed by atoms with van der Waals surface area (Å²) < 4.78 is 1.82. The molecular weight excluding hydrogens is 238 g/mol. The highest BCUT2D eigenvalue weighted by molar-refractivity contribution is 6.31. The molecule has 2 heterocycles. The van der Waals surface area contributed by atoms with Crippen molar-refractivity contribution in [3.05, 3.63) is 17.3 Å². The Morgan fingerprint density at radius 1 is 1.47 bits per heavy atom. The van der Waals surface area contributed by atoms with Gasteiger partial charge in [0.05, 0.1) is 10.5 Å². The Morgan fingerprint density at radius 2 is 2.18 bits per heavy atom. The molecule has 0 radical (unpaired) electrons. The van der Waals surface area contributed by atoms with Crippen molar-refractivity contribution in [3.63, 3.8) is 0 Å². The normalized spacial score (nSPS) is 13.5. The first-order chi connectivity index (χ1) is 8.04. The lowest BCUT2D eigenvalue weighted by Gasteiger charge is -2.21. The first-order valence-electron chi connectivity index (χ1n) is 5.77. The number of hydrogen-bond acceptors (Lipinski definition) is 3. The maximum Gasteiger partial charge on any atom is 0.296 e. The molecule has 1 N–H and O–H groups in total. The summed E-state index contributed by atoms with van der Waals surface area (Å²) in [4.78, 5) is 8.17. The van der Waals surface area contributed by atoms with Crippen molar-refractivity contribution in [2.24, 2.45) is 5.92 Å². The number of rotatable bonds is 3. The average molecular weight is 254 g/mol. The predicted molar refractivity (Wildman–Crippen MR) is 68.4 cm³/mol. The number of pyridine rings is 1. The summed E-state index contributed by atoms with van der Waals surface area (Å²) in [5.41, 5.74) is 1.32. The highest BCUT2D eigenvalue weighted by atomic mass is 35.5. The van der Waals surface area contributed by atoms with Crippen LogP contribution in [-0.2, 0) is 0 Å². The van der Waals surface area contributed by atoms with E-state index in [1.54, 1.807) is 6.07 Å². The van der Waals surface area contributed by atoms with Crippen LogP contribution in [0.3, 0.4) is 0 Å². The van der Waals surface area contributed by atoms with Crippen molar-refractivity contribution < 1.29 is 5.11 Å². The summed E-state index contributed by atoms with van der Waals surface area (Å²) in [6.45, 7) is 6.34. The summed E-state index contributed by atoms with van der Waals surface area (Å²) >= 11 is 5.94. The Morgan fingerprint density at radius 3 is 2.76 bits per heavy atom. The third-order valence-corrected chi connectivity index (χ3v) is 3.22.